The van der Waals surface area contributed by atoms with Gasteiger partial charge in [0.1, 0.15) is 6.61 Å². The number of hydrogen-bond donors (Lipinski definition) is 1. The van der Waals surface area contributed by atoms with E-state index in [1.54, 1.807) is 24.5 Å². The lowest BCUT2D eigenvalue weighted by Gasteiger charge is -1.96. The fraction of sp³-hybridized carbons (Fsp3) is 0.273. The number of amides is 1. The SMILES string of the molecule is C=C/C(=C\C=C/CCNC(=O)Cl)COC#N. The van der Waals surface area contributed by atoms with Crippen LogP contribution in [-0.4, -0.2) is 18.5 Å². The molecular formula is C11H13ClN2O2. The van der Waals surface area contributed by atoms with E-state index in [0.29, 0.717) is 13.0 Å². The minimum atomic E-state index is -0.557. The summed E-state index contributed by atoms with van der Waals surface area (Å²) < 4.78 is 4.55. The summed E-state index contributed by atoms with van der Waals surface area (Å²) in [6.45, 7) is 4.29. The molecule has 0 radical (unpaired) electrons. The van der Waals surface area contributed by atoms with E-state index >= 15 is 0 Å². The number of nitrogens with zero attached hydrogens (tertiary/aromatic N) is 1. The van der Waals surface area contributed by atoms with Gasteiger partial charge in [-0.15, -0.1) is 0 Å². The van der Waals surface area contributed by atoms with Gasteiger partial charge in [-0.3, -0.25) is 4.79 Å². The third-order valence-electron chi connectivity index (χ3n) is 1.59. The van der Waals surface area contributed by atoms with Crippen LogP contribution in [0.5, 0.6) is 0 Å². The molecule has 0 spiro atoms. The molecule has 16 heavy (non-hydrogen) atoms. The van der Waals surface area contributed by atoms with Gasteiger partial charge in [-0.05, 0) is 23.6 Å². The lowest BCUT2D eigenvalue weighted by Crippen LogP contribution is -2.16. The maximum absolute atomic E-state index is 10.3. The van der Waals surface area contributed by atoms with E-state index in [1.165, 1.54) is 0 Å². The van der Waals surface area contributed by atoms with Crippen LogP contribution >= 0.6 is 11.6 Å². The summed E-state index contributed by atoms with van der Waals surface area (Å²) in [7, 11) is 0. The third-order valence-corrected chi connectivity index (χ3v) is 1.72. The Bertz CT molecular complexity index is 329. The lowest BCUT2D eigenvalue weighted by atomic mass is 10.2. The number of rotatable bonds is 7. The topological polar surface area (TPSA) is 62.1 Å². The van der Waals surface area contributed by atoms with Crippen molar-refractivity contribution in [1.29, 1.82) is 5.26 Å². The molecule has 0 rings (SSSR count). The molecule has 4 nitrogen and oxygen atoms in total. The van der Waals surface area contributed by atoms with Crippen molar-refractivity contribution < 1.29 is 9.53 Å². The lowest BCUT2D eigenvalue weighted by molar-refractivity contribution is 0.260. The van der Waals surface area contributed by atoms with Crippen LogP contribution < -0.4 is 5.32 Å². The number of ether oxygens (including phenoxy) is 1. The van der Waals surface area contributed by atoms with Crippen LogP contribution in [0.4, 0.5) is 4.79 Å². The molecule has 1 N–H and O–H groups in total. The van der Waals surface area contributed by atoms with Gasteiger partial charge in [0.05, 0.1) is 0 Å². The molecule has 0 saturated carbocycles. The van der Waals surface area contributed by atoms with Gasteiger partial charge in [-0.1, -0.05) is 30.9 Å². The van der Waals surface area contributed by atoms with Crippen molar-refractivity contribution in [2.75, 3.05) is 13.2 Å². The Morgan fingerprint density at radius 1 is 1.62 bits per heavy atom. The Labute approximate surface area is 99.8 Å². The molecule has 0 atom stereocenters. The molecule has 0 aliphatic rings. The predicted molar refractivity (Wildman–Crippen MR) is 62.9 cm³/mol. The van der Waals surface area contributed by atoms with E-state index in [-0.39, 0.29) is 6.61 Å². The van der Waals surface area contributed by atoms with Crippen LogP contribution in [0.15, 0.2) is 36.5 Å². The Morgan fingerprint density at radius 2 is 2.38 bits per heavy atom. The molecule has 0 aliphatic heterocycles. The smallest absolute Gasteiger partial charge is 0.313 e. The van der Waals surface area contributed by atoms with Crippen LogP contribution in [0.1, 0.15) is 6.42 Å². The van der Waals surface area contributed by atoms with Crippen molar-refractivity contribution in [3.63, 3.8) is 0 Å². The van der Waals surface area contributed by atoms with Crippen LogP contribution in [0.2, 0.25) is 0 Å². The van der Waals surface area contributed by atoms with Crippen LogP contribution in [-0.2, 0) is 4.74 Å². The van der Waals surface area contributed by atoms with Gasteiger partial charge in [0, 0.05) is 6.54 Å². The molecule has 0 fully saturated rings. The first kappa shape index (κ1) is 14.3. The first-order valence-electron chi connectivity index (χ1n) is 4.63. The molecule has 0 aromatic heterocycles. The van der Waals surface area contributed by atoms with Crippen molar-refractivity contribution in [1.82, 2.24) is 5.32 Å². The summed E-state index contributed by atoms with van der Waals surface area (Å²) in [4.78, 5) is 10.3. The minimum absolute atomic E-state index is 0.211. The highest BCUT2D eigenvalue weighted by Crippen LogP contribution is 1.97. The molecule has 5 heteroatoms. The Balaban J connectivity index is 3.84. The number of carbonyl (C=O) groups is 1. The van der Waals surface area contributed by atoms with Crippen molar-refractivity contribution in [3.05, 3.63) is 36.5 Å². The number of carbonyl (C=O) groups excluding carboxylic acids is 1. The highest BCUT2D eigenvalue weighted by atomic mass is 35.5. The number of halogens is 1. The summed E-state index contributed by atoms with van der Waals surface area (Å²) in [5.41, 5.74) is 0.805. The molecule has 0 aromatic rings. The average molecular weight is 241 g/mol. The van der Waals surface area contributed by atoms with E-state index in [9.17, 15) is 4.79 Å². The normalized spacial score (nSPS) is 10.9. The summed E-state index contributed by atoms with van der Waals surface area (Å²) in [5.74, 6) is 0. The van der Waals surface area contributed by atoms with Gasteiger partial charge in [0.25, 0.3) is 6.26 Å². The fourth-order valence-corrected chi connectivity index (χ4v) is 0.927. The molecule has 0 aliphatic carbocycles. The van der Waals surface area contributed by atoms with Gasteiger partial charge in [-0.25, -0.2) is 0 Å². The molecule has 86 valence electrons. The molecule has 0 saturated heterocycles. The van der Waals surface area contributed by atoms with Gasteiger partial charge in [-0.2, -0.15) is 5.26 Å². The van der Waals surface area contributed by atoms with Crippen molar-refractivity contribution in [3.8, 4) is 6.26 Å². The fourth-order valence-electron chi connectivity index (χ4n) is 0.832. The second-order valence-corrected chi connectivity index (χ2v) is 3.09. The number of nitriles is 1. The minimum Gasteiger partial charge on any atom is -0.423 e. The number of nitrogens with one attached hydrogen (secondary N) is 1. The largest absolute Gasteiger partial charge is 0.423 e. The van der Waals surface area contributed by atoms with Gasteiger partial charge in [0.15, 0.2) is 0 Å². The summed E-state index contributed by atoms with van der Waals surface area (Å²) >= 11 is 5.07. The van der Waals surface area contributed by atoms with Crippen LogP contribution in [0.3, 0.4) is 0 Å². The number of allylic oxidation sites excluding steroid dienone is 2. The highest BCUT2D eigenvalue weighted by molar-refractivity contribution is 6.62. The first-order valence-corrected chi connectivity index (χ1v) is 5.01. The Hall–Kier alpha value is -1.73. The molecule has 1 amide bonds. The van der Waals surface area contributed by atoms with Gasteiger partial charge >= 0.3 is 5.37 Å². The van der Waals surface area contributed by atoms with Gasteiger partial charge < -0.3 is 10.1 Å². The highest BCUT2D eigenvalue weighted by Gasteiger charge is 1.90. The zero-order valence-corrected chi connectivity index (χ0v) is 9.54. The zero-order chi connectivity index (χ0) is 12.2. The zero-order valence-electron chi connectivity index (χ0n) is 8.78. The van der Waals surface area contributed by atoms with Crippen LogP contribution in [0.25, 0.3) is 0 Å². The van der Waals surface area contributed by atoms with E-state index < -0.39 is 5.37 Å². The predicted octanol–water partition coefficient (Wildman–Crippen LogP) is 2.49. The molecule has 0 bridgehead atoms. The molecule has 0 aromatic carbocycles. The number of hydrogen-bond acceptors (Lipinski definition) is 3. The maximum atomic E-state index is 10.3. The second kappa shape index (κ2) is 9.81. The Morgan fingerprint density at radius 3 is 2.94 bits per heavy atom. The van der Waals surface area contributed by atoms with Crippen molar-refractivity contribution in [2.24, 2.45) is 0 Å². The van der Waals surface area contributed by atoms with E-state index in [4.69, 9.17) is 16.9 Å². The van der Waals surface area contributed by atoms with E-state index in [1.807, 2.05) is 6.08 Å². The average Bonchev–Trinajstić information content (AvgIpc) is 2.26. The maximum Gasteiger partial charge on any atom is 0.313 e. The molecule has 0 unspecified atom stereocenters. The monoisotopic (exact) mass is 240 g/mol. The molecule has 0 heterocycles. The Kier molecular flexibility index (Phi) is 8.75. The van der Waals surface area contributed by atoms with Gasteiger partial charge in [0.2, 0.25) is 0 Å². The first-order chi connectivity index (χ1) is 7.70. The summed E-state index contributed by atoms with van der Waals surface area (Å²) in [5, 5.41) is 10.1. The van der Waals surface area contributed by atoms with Crippen LogP contribution in [0, 0.1) is 11.5 Å². The van der Waals surface area contributed by atoms with E-state index in [2.05, 4.69) is 16.6 Å². The summed E-state index contributed by atoms with van der Waals surface area (Å²) in [6, 6.07) is 0. The third kappa shape index (κ3) is 8.85. The van der Waals surface area contributed by atoms with Crippen molar-refractivity contribution >= 4 is 17.0 Å². The van der Waals surface area contributed by atoms with E-state index in [0.717, 1.165) is 5.57 Å². The summed E-state index contributed by atoms with van der Waals surface area (Å²) in [6.07, 6.45) is 9.33. The quantitative estimate of drug-likeness (QED) is 0.245. The standard InChI is InChI=1S/C11H13ClN2O2/c1-2-10(8-16-9-13)6-4-3-5-7-14-11(12)15/h2-4,6H,1,5,7-8H2,(H,14,15)/b4-3-,10-6+. The second-order valence-electron chi connectivity index (χ2n) is 2.74. The van der Waals surface area contributed by atoms with Crippen molar-refractivity contribution in [2.45, 2.75) is 6.42 Å². The molecular weight excluding hydrogens is 228 g/mol.